The lowest BCUT2D eigenvalue weighted by atomic mass is 9.95. The molecule has 1 amide bonds. The highest BCUT2D eigenvalue weighted by atomic mass is 19.1. The topological polar surface area (TPSA) is 67.2 Å². The summed E-state index contributed by atoms with van der Waals surface area (Å²) >= 11 is 0. The van der Waals surface area contributed by atoms with E-state index < -0.39 is 6.10 Å². The lowest BCUT2D eigenvalue weighted by Gasteiger charge is -2.23. The molecule has 1 aliphatic rings. The number of carbonyl (C=O) groups is 1. The molecule has 2 unspecified atom stereocenters. The van der Waals surface area contributed by atoms with Gasteiger partial charge in [0, 0.05) is 37.3 Å². The van der Waals surface area contributed by atoms with Crippen LogP contribution in [0.4, 0.5) is 4.39 Å². The van der Waals surface area contributed by atoms with Crippen LogP contribution < -0.4 is 5.32 Å². The van der Waals surface area contributed by atoms with Crippen LogP contribution in [-0.2, 0) is 17.8 Å². The van der Waals surface area contributed by atoms with Gasteiger partial charge in [0.1, 0.15) is 5.82 Å². The van der Waals surface area contributed by atoms with E-state index in [4.69, 9.17) is 0 Å². The van der Waals surface area contributed by atoms with Crippen LogP contribution in [0.25, 0.3) is 0 Å². The average molecular weight is 303 g/mol. The van der Waals surface area contributed by atoms with E-state index >= 15 is 0 Å². The van der Waals surface area contributed by atoms with E-state index in [0.29, 0.717) is 12.0 Å². The third-order valence-electron chi connectivity index (χ3n) is 4.07. The number of aliphatic hydroxyl groups is 1. The van der Waals surface area contributed by atoms with Gasteiger partial charge in [0.25, 0.3) is 0 Å². The fraction of sp³-hybridized carbons (Fsp3) is 0.375. The number of hydrogen-bond donors (Lipinski definition) is 2. The lowest BCUT2D eigenvalue weighted by molar-refractivity contribution is -0.126. The quantitative estimate of drug-likeness (QED) is 0.898. The van der Waals surface area contributed by atoms with Gasteiger partial charge >= 0.3 is 0 Å². The average Bonchev–Trinajstić information content (AvgIpc) is 3.00. The van der Waals surface area contributed by atoms with Crippen molar-refractivity contribution in [2.75, 3.05) is 6.54 Å². The minimum Gasteiger partial charge on any atom is -0.387 e. The number of benzene rings is 1. The van der Waals surface area contributed by atoms with Gasteiger partial charge < -0.3 is 15.0 Å². The van der Waals surface area contributed by atoms with Crippen LogP contribution >= 0.6 is 0 Å². The fourth-order valence-corrected chi connectivity index (χ4v) is 2.74. The third-order valence-corrected chi connectivity index (χ3v) is 4.07. The standard InChI is InChI=1S/C16H18FN3O2/c17-13-3-1-11(2-4-13)15(21)9-19-16(22)12-5-6-20-10-18-8-14(20)7-12/h1-4,8,10,12,15,21H,5-7,9H2,(H,19,22). The molecular formula is C16H18FN3O2. The van der Waals surface area contributed by atoms with Gasteiger partial charge in [-0.05, 0) is 24.1 Å². The Morgan fingerprint density at radius 1 is 1.45 bits per heavy atom. The summed E-state index contributed by atoms with van der Waals surface area (Å²) < 4.78 is 14.9. The smallest absolute Gasteiger partial charge is 0.223 e. The molecule has 1 aliphatic heterocycles. The van der Waals surface area contributed by atoms with Crippen LogP contribution in [0.2, 0.25) is 0 Å². The van der Waals surface area contributed by atoms with Gasteiger partial charge in [-0.15, -0.1) is 0 Å². The molecule has 2 heterocycles. The van der Waals surface area contributed by atoms with Crippen LogP contribution in [0.3, 0.4) is 0 Å². The molecule has 0 aliphatic carbocycles. The molecule has 0 spiro atoms. The Kier molecular flexibility index (Phi) is 4.20. The van der Waals surface area contributed by atoms with Gasteiger partial charge in [-0.3, -0.25) is 4.79 Å². The summed E-state index contributed by atoms with van der Waals surface area (Å²) in [6.45, 7) is 0.911. The maximum atomic E-state index is 12.8. The van der Waals surface area contributed by atoms with Crippen LogP contribution in [0.5, 0.6) is 0 Å². The molecule has 2 aromatic rings. The molecule has 0 radical (unpaired) electrons. The molecule has 0 fully saturated rings. The molecule has 1 aromatic heterocycles. The number of amides is 1. The molecular weight excluding hydrogens is 285 g/mol. The summed E-state index contributed by atoms with van der Waals surface area (Å²) in [5, 5.41) is 12.8. The summed E-state index contributed by atoms with van der Waals surface area (Å²) in [6, 6.07) is 5.63. The molecule has 22 heavy (non-hydrogen) atoms. The number of hydrogen-bond acceptors (Lipinski definition) is 3. The largest absolute Gasteiger partial charge is 0.387 e. The Morgan fingerprint density at radius 3 is 3.00 bits per heavy atom. The number of carbonyl (C=O) groups excluding carboxylic acids is 1. The Labute approximate surface area is 127 Å². The van der Waals surface area contributed by atoms with Crippen molar-refractivity contribution in [2.24, 2.45) is 5.92 Å². The number of halogens is 1. The molecule has 0 saturated heterocycles. The van der Waals surface area contributed by atoms with Crippen LogP contribution in [0.15, 0.2) is 36.8 Å². The Hall–Kier alpha value is -2.21. The number of aromatic nitrogens is 2. The van der Waals surface area contributed by atoms with Crippen molar-refractivity contribution < 1.29 is 14.3 Å². The molecule has 0 saturated carbocycles. The van der Waals surface area contributed by atoms with E-state index in [2.05, 4.69) is 14.9 Å². The van der Waals surface area contributed by atoms with Gasteiger partial charge in [0.2, 0.25) is 5.91 Å². The van der Waals surface area contributed by atoms with E-state index in [1.807, 2.05) is 0 Å². The maximum absolute atomic E-state index is 12.8. The first-order valence-corrected chi connectivity index (χ1v) is 7.33. The first-order chi connectivity index (χ1) is 10.6. The molecule has 0 bridgehead atoms. The number of nitrogens with one attached hydrogen (secondary N) is 1. The second kappa shape index (κ2) is 6.27. The zero-order valence-corrected chi connectivity index (χ0v) is 12.1. The second-order valence-electron chi connectivity index (χ2n) is 5.58. The molecule has 2 N–H and O–H groups in total. The number of imidazole rings is 1. The summed E-state index contributed by atoms with van der Waals surface area (Å²) in [7, 11) is 0. The first-order valence-electron chi connectivity index (χ1n) is 7.33. The summed E-state index contributed by atoms with van der Waals surface area (Å²) in [5.74, 6) is -0.503. The van der Waals surface area contributed by atoms with Gasteiger partial charge in [-0.2, -0.15) is 0 Å². The van der Waals surface area contributed by atoms with Crippen molar-refractivity contribution in [3.63, 3.8) is 0 Å². The van der Waals surface area contributed by atoms with E-state index in [-0.39, 0.29) is 24.2 Å². The number of aryl methyl sites for hydroxylation is 1. The molecule has 1 aromatic carbocycles. The van der Waals surface area contributed by atoms with Crippen molar-refractivity contribution in [1.29, 1.82) is 0 Å². The van der Waals surface area contributed by atoms with Gasteiger partial charge in [0.05, 0.1) is 12.4 Å². The van der Waals surface area contributed by atoms with E-state index in [1.165, 1.54) is 24.3 Å². The van der Waals surface area contributed by atoms with Gasteiger partial charge in [-0.25, -0.2) is 9.37 Å². The van der Waals surface area contributed by atoms with Gasteiger partial charge in [-0.1, -0.05) is 12.1 Å². The van der Waals surface area contributed by atoms with Crippen molar-refractivity contribution in [1.82, 2.24) is 14.9 Å². The minimum atomic E-state index is -0.835. The van der Waals surface area contributed by atoms with Gasteiger partial charge in [0.15, 0.2) is 0 Å². The van der Waals surface area contributed by atoms with Crippen LogP contribution in [-0.4, -0.2) is 27.1 Å². The SMILES string of the molecule is O=C(NCC(O)c1ccc(F)cc1)C1CCn2cncc2C1. The van der Waals surface area contributed by atoms with E-state index in [1.54, 1.807) is 12.5 Å². The normalized spacial score (nSPS) is 18.5. The van der Waals surface area contributed by atoms with Crippen molar-refractivity contribution in [2.45, 2.75) is 25.5 Å². The van der Waals surface area contributed by atoms with Crippen LogP contribution in [0, 0.1) is 11.7 Å². The highest BCUT2D eigenvalue weighted by molar-refractivity contribution is 5.79. The van der Waals surface area contributed by atoms with Crippen LogP contribution in [0.1, 0.15) is 23.8 Å². The predicted octanol–water partition coefficient (Wildman–Crippen LogP) is 1.43. The Bertz CT molecular complexity index is 654. The third kappa shape index (κ3) is 3.17. The number of rotatable bonds is 4. The molecule has 2 atom stereocenters. The van der Waals surface area contributed by atoms with Crippen molar-refractivity contribution >= 4 is 5.91 Å². The summed E-state index contributed by atoms with van der Waals surface area (Å²) in [6.07, 6.45) is 4.16. The zero-order chi connectivity index (χ0) is 15.5. The summed E-state index contributed by atoms with van der Waals surface area (Å²) in [5.41, 5.74) is 1.65. The molecule has 5 nitrogen and oxygen atoms in total. The monoisotopic (exact) mass is 303 g/mol. The highest BCUT2D eigenvalue weighted by Crippen LogP contribution is 2.20. The molecule has 6 heteroatoms. The molecule has 116 valence electrons. The highest BCUT2D eigenvalue weighted by Gasteiger charge is 2.25. The first kappa shape index (κ1) is 14.7. The predicted molar refractivity (Wildman–Crippen MR) is 78.4 cm³/mol. The number of nitrogens with zero attached hydrogens (tertiary/aromatic N) is 2. The Balaban J connectivity index is 1.53. The number of aliphatic hydroxyl groups excluding tert-OH is 1. The lowest BCUT2D eigenvalue weighted by Crippen LogP contribution is -2.37. The van der Waals surface area contributed by atoms with Crippen molar-refractivity contribution in [3.8, 4) is 0 Å². The minimum absolute atomic E-state index is 0.0615. The fourth-order valence-electron chi connectivity index (χ4n) is 2.74. The zero-order valence-electron chi connectivity index (χ0n) is 12.1. The van der Waals surface area contributed by atoms with E-state index in [0.717, 1.165) is 18.7 Å². The molecule has 3 rings (SSSR count). The number of fused-ring (bicyclic) bond motifs is 1. The second-order valence-corrected chi connectivity index (χ2v) is 5.58. The maximum Gasteiger partial charge on any atom is 0.223 e. The summed E-state index contributed by atoms with van der Waals surface area (Å²) in [4.78, 5) is 16.3. The Morgan fingerprint density at radius 2 is 2.23 bits per heavy atom. The van der Waals surface area contributed by atoms with E-state index in [9.17, 15) is 14.3 Å². The van der Waals surface area contributed by atoms with Crippen molar-refractivity contribution in [3.05, 3.63) is 53.9 Å².